The summed E-state index contributed by atoms with van der Waals surface area (Å²) in [5.74, 6) is -0.846. The molecule has 20 heavy (non-hydrogen) atoms. The Morgan fingerprint density at radius 3 is 2.75 bits per heavy atom. The molecule has 0 aromatic heterocycles. The second-order valence-corrected chi connectivity index (χ2v) is 5.77. The number of carboxylic acid groups (broad SMARTS) is 1. The number of carbonyl (C=O) groups excluding carboxylic acids is 1. The first-order chi connectivity index (χ1) is 9.56. The Kier molecular flexibility index (Phi) is 5.28. The maximum absolute atomic E-state index is 12.0. The normalized spacial score (nSPS) is 18.9. The second kappa shape index (κ2) is 6.97. The van der Waals surface area contributed by atoms with Gasteiger partial charge in [0.05, 0.1) is 18.9 Å². The fourth-order valence-corrected chi connectivity index (χ4v) is 2.72. The molecule has 0 aliphatic carbocycles. The van der Waals surface area contributed by atoms with E-state index in [2.05, 4.69) is 0 Å². The third-order valence-corrected chi connectivity index (χ3v) is 4.12. The van der Waals surface area contributed by atoms with E-state index in [1.54, 1.807) is 12.1 Å². The standard InChI is InChI=1S/C13H14ClNO4S/c14-9-1-3-10(4-2-9)20-8-12(16)15-5-6-19-11(7-15)13(17)18/h1-4,11H,5-8H2,(H,17,18). The number of amides is 1. The Balaban J connectivity index is 1.85. The van der Waals surface area contributed by atoms with Gasteiger partial charge in [-0.2, -0.15) is 0 Å². The number of carboxylic acids is 1. The zero-order valence-electron chi connectivity index (χ0n) is 10.6. The van der Waals surface area contributed by atoms with Crippen molar-refractivity contribution >= 4 is 35.2 Å². The Labute approximate surface area is 125 Å². The maximum atomic E-state index is 12.0. The lowest BCUT2D eigenvalue weighted by atomic mass is 10.3. The summed E-state index contributed by atoms with van der Waals surface area (Å²) in [5.41, 5.74) is 0. The minimum Gasteiger partial charge on any atom is -0.479 e. The largest absolute Gasteiger partial charge is 0.479 e. The van der Waals surface area contributed by atoms with Gasteiger partial charge in [0.2, 0.25) is 5.91 Å². The van der Waals surface area contributed by atoms with Crippen molar-refractivity contribution in [3.63, 3.8) is 0 Å². The fourth-order valence-electron chi connectivity index (χ4n) is 1.79. The fraction of sp³-hybridized carbons (Fsp3) is 0.385. The smallest absolute Gasteiger partial charge is 0.334 e. The van der Waals surface area contributed by atoms with Gasteiger partial charge in [-0.1, -0.05) is 11.6 Å². The summed E-state index contributed by atoms with van der Waals surface area (Å²) in [4.78, 5) is 25.4. The SMILES string of the molecule is O=C(O)C1CN(C(=O)CSc2ccc(Cl)cc2)CCO1. The van der Waals surface area contributed by atoms with Crippen molar-refractivity contribution in [1.82, 2.24) is 4.90 Å². The van der Waals surface area contributed by atoms with Crippen molar-refractivity contribution in [3.8, 4) is 0 Å². The molecule has 5 nitrogen and oxygen atoms in total. The molecular formula is C13H14ClNO4S. The van der Waals surface area contributed by atoms with Crippen LogP contribution in [0.1, 0.15) is 0 Å². The van der Waals surface area contributed by atoms with E-state index in [0.717, 1.165) is 4.90 Å². The number of aliphatic carboxylic acids is 1. The number of ether oxygens (including phenoxy) is 1. The van der Waals surface area contributed by atoms with Crippen LogP contribution in [-0.4, -0.2) is 53.4 Å². The van der Waals surface area contributed by atoms with Gasteiger partial charge in [0, 0.05) is 16.5 Å². The number of hydrogen-bond donors (Lipinski definition) is 1. The van der Waals surface area contributed by atoms with Crippen LogP contribution in [0.25, 0.3) is 0 Å². The van der Waals surface area contributed by atoms with Gasteiger partial charge in [-0.3, -0.25) is 4.79 Å². The van der Waals surface area contributed by atoms with Crippen LogP contribution in [0.15, 0.2) is 29.2 Å². The van der Waals surface area contributed by atoms with Crippen LogP contribution in [0.5, 0.6) is 0 Å². The monoisotopic (exact) mass is 315 g/mol. The quantitative estimate of drug-likeness (QED) is 0.857. The number of rotatable bonds is 4. The molecule has 1 N–H and O–H groups in total. The molecule has 1 aromatic carbocycles. The van der Waals surface area contributed by atoms with Crippen molar-refractivity contribution in [1.29, 1.82) is 0 Å². The third-order valence-electron chi connectivity index (χ3n) is 2.87. The van der Waals surface area contributed by atoms with Crippen molar-refractivity contribution in [3.05, 3.63) is 29.3 Å². The zero-order chi connectivity index (χ0) is 14.5. The van der Waals surface area contributed by atoms with Gasteiger partial charge in [-0.05, 0) is 24.3 Å². The Hall–Kier alpha value is -1.24. The molecule has 0 spiro atoms. The summed E-state index contributed by atoms with van der Waals surface area (Å²) in [6, 6.07) is 7.23. The summed E-state index contributed by atoms with van der Waals surface area (Å²) < 4.78 is 5.08. The molecule has 0 saturated carbocycles. The number of halogens is 1. The van der Waals surface area contributed by atoms with Crippen molar-refractivity contribution in [2.45, 2.75) is 11.0 Å². The van der Waals surface area contributed by atoms with Gasteiger partial charge in [0.25, 0.3) is 0 Å². The van der Waals surface area contributed by atoms with Crippen LogP contribution in [0.3, 0.4) is 0 Å². The topological polar surface area (TPSA) is 66.8 Å². The van der Waals surface area contributed by atoms with Crippen molar-refractivity contribution < 1.29 is 19.4 Å². The van der Waals surface area contributed by atoms with E-state index in [9.17, 15) is 9.59 Å². The first kappa shape index (κ1) is 15.2. The van der Waals surface area contributed by atoms with Gasteiger partial charge < -0.3 is 14.7 Å². The predicted molar refractivity (Wildman–Crippen MR) is 76.1 cm³/mol. The van der Waals surface area contributed by atoms with E-state index < -0.39 is 12.1 Å². The molecule has 0 radical (unpaired) electrons. The first-order valence-electron chi connectivity index (χ1n) is 6.07. The maximum Gasteiger partial charge on any atom is 0.334 e. The summed E-state index contributed by atoms with van der Waals surface area (Å²) in [5, 5.41) is 9.54. The van der Waals surface area contributed by atoms with E-state index in [0.29, 0.717) is 11.6 Å². The highest BCUT2D eigenvalue weighted by molar-refractivity contribution is 8.00. The van der Waals surface area contributed by atoms with Gasteiger partial charge in [-0.25, -0.2) is 4.79 Å². The molecule has 1 amide bonds. The van der Waals surface area contributed by atoms with Crippen molar-refractivity contribution in [2.75, 3.05) is 25.4 Å². The van der Waals surface area contributed by atoms with Crippen LogP contribution in [0, 0.1) is 0 Å². The lowest BCUT2D eigenvalue weighted by Gasteiger charge is -2.30. The summed E-state index contributed by atoms with van der Waals surface area (Å²) in [6.07, 6.45) is -0.923. The average molecular weight is 316 g/mol. The molecule has 1 fully saturated rings. The first-order valence-corrected chi connectivity index (χ1v) is 7.43. The molecule has 1 aromatic rings. The lowest BCUT2D eigenvalue weighted by Crippen LogP contribution is -2.49. The van der Waals surface area contributed by atoms with Crippen LogP contribution in [0.2, 0.25) is 5.02 Å². The molecule has 0 bridgehead atoms. The zero-order valence-corrected chi connectivity index (χ0v) is 12.2. The average Bonchev–Trinajstić information content (AvgIpc) is 2.46. The molecule has 1 saturated heterocycles. The molecule has 2 rings (SSSR count). The van der Waals surface area contributed by atoms with Gasteiger partial charge in [-0.15, -0.1) is 11.8 Å². The molecular weight excluding hydrogens is 302 g/mol. The number of thioether (sulfide) groups is 1. The summed E-state index contributed by atoms with van der Waals surface area (Å²) in [6.45, 7) is 0.799. The number of morpholine rings is 1. The van der Waals surface area contributed by atoms with E-state index >= 15 is 0 Å². The summed E-state index contributed by atoms with van der Waals surface area (Å²) in [7, 11) is 0. The Morgan fingerprint density at radius 2 is 2.10 bits per heavy atom. The van der Waals surface area contributed by atoms with Gasteiger partial charge in [0.15, 0.2) is 6.10 Å². The molecule has 7 heteroatoms. The van der Waals surface area contributed by atoms with Crippen molar-refractivity contribution in [2.24, 2.45) is 0 Å². The van der Waals surface area contributed by atoms with Gasteiger partial charge in [0.1, 0.15) is 0 Å². The second-order valence-electron chi connectivity index (χ2n) is 4.28. The van der Waals surface area contributed by atoms with Crippen LogP contribution < -0.4 is 0 Å². The molecule has 108 valence electrons. The molecule has 1 atom stereocenters. The minimum atomic E-state index is -1.03. The number of nitrogens with zero attached hydrogens (tertiary/aromatic N) is 1. The number of carbonyl (C=O) groups is 2. The van der Waals surface area contributed by atoms with E-state index in [1.165, 1.54) is 16.7 Å². The molecule has 1 aliphatic heterocycles. The van der Waals surface area contributed by atoms with Crippen LogP contribution >= 0.6 is 23.4 Å². The highest BCUT2D eigenvalue weighted by atomic mass is 35.5. The Morgan fingerprint density at radius 1 is 1.40 bits per heavy atom. The minimum absolute atomic E-state index is 0.0838. The Bertz CT molecular complexity index is 494. The van der Waals surface area contributed by atoms with Crippen LogP contribution in [-0.2, 0) is 14.3 Å². The predicted octanol–water partition coefficient (Wildman–Crippen LogP) is 1.74. The number of benzene rings is 1. The number of hydrogen-bond acceptors (Lipinski definition) is 4. The van der Waals surface area contributed by atoms with E-state index in [-0.39, 0.29) is 24.8 Å². The highest BCUT2D eigenvalue weighted by Crippen LogP contribution is 2.21. The summed E-state index contributed by atoms with van der Waals surface area (Å²) >= 11 is 7.19. The van der Waals surface area contributed by atoms with Gasteiger partial charge >= 0.3 is 5.97 Å². The lowest BCUT2D eigenvalue weighted by molar-refractivity contribution is -0.158. The van der Waals surface area contributed by atoms with E-state index in [1.807, 2.05) is 12.1 Å². The van der Waals surface area contributed by atoms with Crippen LogP contribution in [0.4, 0.5) is 0 Å². The van der Waals surface area contributed by atoms with E-state index in [4.69, 9.17) is 21.4 Å². The highest BCUT2D eigenvalue weighted by Gasteiger charge is 2.28. The molecule has 1 aliphatic rings. The molecule has 1 heterocycles. The molecule has 1 unspecified atom stereocenters. The third kappa shape index (κ3) is 4.13.